The summed E-state index contributed by atoms with van der Waals surface area (Å²) in [5, 5.41) is 0. The van der Waals surface area contributed by atoms with E-state index in [0.29, 0.717) is 19.7 Å². The van der Waals surface area contributed by atoms with Gasteiger partial charge in [-0.25, -0.2) is 4.98 Å². The number of thiazole rings is 1. The third-order valence-electron chi connectivity index (χ3n) is 4.28. The van der Waals surface area contributed by atoms with Crippen LogP contribution in [0.5, 0.6) is 0 Å². The van der Waals surface area contributed by atoms with Gasteiger partial charge < -0.3 is 9.64 Å². The fourth-order valence-electron chi connectivity index (χ4n) is 2.85. The molecule has 1 aromatic heterocycles. The van der Waals surface area contributed by atoms with Crippen LogP contribution in [0.2, 0.25) is 0 Å². The molecule has 2 heterocycles. The molecule has 0 aliphatic carbocycles. The van der Waals surface area contributed by atoms with Crippen LogP contribution in [0, 0.1) is 6.92 Å². The molecule has 1 fully saturated rings. The van der Waals surface area contributed by atoms with Gasteiger partial charge in [0.15, 0.2) is 0 Å². The highest BCUT2D eigenvalue weighted by Gasteiger charge is 2.29. The summed E-state index contributed by atoms with van der Waals surface area (Å²) in [6.07, 6.45) is -0.388. The van der Waals surface area contributed by atoms with Gasteiger partial charge in [0.1, 0.15) is 6.10 Å². The lowest BCUT2D eigenvalue weighted by atomic mass is 10.2. The van der Waals surface area contributed by atoms with E-state index in [1.54, 1.807) is 16.2 Å². The van der Waals surface area contributed by atoms with E-state index in [9.17, 15) is 4.79 Å². The highest BCUT2D eigenvalue weighted by Crippen LogP contribution is 2.17. The Kier molecular flexibility index (Phi) is 5.60. The second-order valence-corrected chi connectivity index (χ2v) is 7.07. The van der Waals surface area contributed by atoms with Crippen molar-refractivity contribution in [2.75, 3.05) is 26.7 Å². The molecule has 1 amide bonds. The Morgan fingerprint density at radius 2 is 2.21 bits per heavy atom. The summed E-state index contributed by atoms with van der Waals surface area (Å²) in [5.41, 5.74) is 4.08. The number of aromatic nitrogens is 1. The van der Waals surface area contributed by atoms with Gasteiger partial charge in [0.05, 0.1) is 24.4 Å². The maximum Gasteiger partial charge on any atom is 0.253 e. The largest absolute Gasteiger partial charge is 0.366 e. The quantitative estimate of drug-likeness (QED) is 0.834. The van der Waals surface area contributed by atoms with E-state index in [-0.39, 0.29) is 12.0 Å². The van der Waals surface area contributed by atoms with Crippen LogP contribution < -0.4 is 0 Å². The Morgan fingerprint density at radius 3 is 2.92 bits per heavy atom. The maximum atomic E-state index is 12.7. The van der Waals surface area contributed by atoms with Gasteiger partial charge in [-0.15, -0.1) is 11.3 Å². The molecular weight excluding hydrogens is 322 g/mol. The SMILES string of the molecule is Cc1ncsc1CN(C)C(=O)[C@H]1CN(Cc2ccccc2)CCO1. The number of aryl methyl sites for hydroxylation is 1. The van der Waals surface area contributed by atoms with Crippen molar-refractivity contribution >= 4 is 17.2 Å². The number of morpholine rings is 1. The number of carbonyl (C=O) groups is 1. The van der Waals surface area contributed by atoms with Crippen molar-refractivity contribution < 1.29 is 9.53 Å². The van der Waals surface area contributed by atoms with Crippen molar-refractivity contribution in [1.82, 2.24) is 14.8 Å². The van der Waals surface area contributed by atoms with Gasteiger partial charge >= 0.3 is 0 Å². The van der Waals surface area contributed by atoms with Gasteiger partial charge in [-0.2, -0.15) is 0 Å². The first-order chi connectivity index (χ1) is 11.6. The maximum absolute atomic E-state index is 12.7. The molecule has 0 spiro atoms. The van der Waals surface area contributed by atoms with Crippen LogP contribution >= 0.6 is 11.3 Å². The summed E-state index contributed by atoms with van der Waals surface area (Å²) < 4.78 is 5.73. The van der Waals surface area contributed by atoms with E-state index in [2.05, 4.69) is 22.0 Å². The Labute approximate surface area is 146 Å². The third-order valence-corrected chi connectivity index (χ3v) is 5.20. The summed E-state index contributed by atoms with van der Waals surface area (Å²) in [6.45, 7) is 5.51. The van der Waals surface area contributed by atoms with Crippen molar-refractivity contribution in [1.29, 1.82) is 0 Å². The number of hydrogen-bond acceptors (Lipinski definition) is 5. The molecule has 1 atom stereocenters. The Morgan fingerprint density at radius 1 is 1.42 bits per heavy atom. The lowest BCUT2D eigenvalue weighted by Gasteiger charge is -2.34. The third kappa shape index (κ3) is 4.20. The number of carbonyl (C=O) groups excluding carboxylic acids is 1. The van der Waals surface area contributed by atoms with Crippen LogP contribution in [0.3, 0.4) is 0 Å². The van der Waals surface area contributed by atoms with E-state index in [0.717, 1.165) is 23.7 Å². The number of ether oxygens (including phenoxy) is 1. The minimum Gasteiger partial charge on any atom is -0.366 e. The minimum absolute atomic E-state index is 0.0422. The molecule has 3 rings (SSSR count). The molecule has 128 valence electrons. The van der Waals surface area contributed by atoms with Crippen molar-refractivity contribution in [2.24, 2.45) is 0 Å². The van der Waals surface area contributed by atoms with Crippen LogP contribution in [0.4, 0.5) is 0 Å². The summed E-state index contributed by atoms with van der Waals surface area (Å²) in [7, 11) is 1.83. The fraction of sp³-hybridized carbons (Fsp3) is 0.444. The zero-order valence-corrected chi connectivity index (χ0v) is 15.0. The predicted octanol–water partition coefficient (Wildman–Crippen LogP) is 2.31. The first-order valence-corrected chi connectivity index (χ1v) is 9.03. The highest BCUT2D eigenvalue weighted by molar-refractivity contribution is 7.09. The molecule has 6 heteroatoms. The Bertz CT molecular complexity index is 674. The first kappa shape index (κ1) is 17.1. The number of amides is 1. The van der Waals surface area contributed by atoms with Gasteiger partial charge in [0.25, 0.3) is 5.91 Å². The van der Waals surface area contributed by atoms with E-state index in [1.807, 2.05) is 37.7 Å². The lowest BCUT2D eigenvalue weighted by molar-refractivity contribution is -0.148. The zero-order valence-electron chi connectivity index (χ0n) is 14.1. The molecule has 0 bridgehead atoms. The van der Waals surface area contributed by atoms with Gasteiger partial charge in [-0.1, -0.05) is 30.3 Å². The van der Waals surface area contributed by atoms with Gasteiger partial charge in [-0.3, -0.25) is 9.69 Å². The number of benzene rings is 1. The van der Waals surface area contributed by atoms with E-state index in [4.69, 9.17) is 4.74 Å². The fourth-order valence-corrected chi connectivity index (χ4v) is 3.68. The molecule has 1 aromatic carbocycles. The van der Waals surface area contributed by atoms with Crippen LogP contribution in [-0.4, -0.2) is 53.5 Å². The molecule has 0 saturated carbocycles. The molecule has 2 aromatic rings. The predicted molar refractivity (Wildman–Crippen MR) is 94.8 cm³/mol. The van der Waals surface area contributed by atoms with Crippen LogP contribution in [0.15, 0.2) is 35.8 Å². The standard InChI is InChI=1S/C18H23N3O2S/c1-14-17(24-13-19-14)12-20(2)18(22)16-11-21(8-9-23-16)10-15-6-4-3-5-7-15/h3-7,13,16H,8-12H2,1-2H3/t16-/m1/s1. The summed E-state index contributed by atoms with van der Waals surface area (Å²) in [6, 6.07) is 10.3. The van der Waals surface area contributed by atoms with Crippen molar-refractivity contribution in [2.45, 2.75) is 26.1 Å². The number of likely N-dealkylation sites (N-methyl/N-ethyl adjacent to an activating group) is 1. The lowest BCUT2D eigenvalue weighted by Crippen LogP contribution is -2.49. The average Bonchev–Trinajstić information content (AvgIpc) is 3.00. The second kappa shape index (κ2) is 7.88. The Balaban J connectivity index is 1.57. The molecular formula is C18H23N3O2S. The number of nitrogens with zero attached hydrogens (tertiary/aromatic N) is 3. The summed E-state index contributed by atoms with van der Waals surface area (Å²) in [5.74, 6) is 0.0422. The normalized spacial score (nSPS) is 18.5. The van der Waals surface area contributed by atoms with Crippen LogP contribution in [0.1, 0.15) is 16.1 Å². The molecule has 24 heavy (non-hydrogen) atoms. The zero-order chi connectivity index (χ0) is 16.9. The number of rotatable bonds is 5. The molecule has 0 radical (unpaired) electrons. The molecule has 1 saturated heterocycles. The number of hydrogen-bond donors (Lipinski definition) is 0. The highest BCUT2D eigenvalue weighted by atomic mass is 32.1. The van der Waals surface area contributed by atoms with Gasteiger partial charge in [-0.05, 0) is 12.5 Å². The molecule has 0 unspecified atom stereocenters. The van der Waals surface area contributed by atoms with E-state index >= 15 is 0 Å². The topological polar surface area (TPSA) is 45.7 Å². The van der Waals surface area contributed by atoms with Crippen molar-refractivity contribution in [3.63, 3.8) is 0 Å². The van der Waals surface area contributed by atoms with Crippen LogP contribution in [0.25, 0.3) is 0 Å². The average molecular weight is 345 g/mol. The Hall–Kier alpha value is -1.76. The summed E-state index contributed by atoms with van der Waals surface area (Å²) >= 11 is 1.59. The van der Waals surface area contributed by atoms with Crippen LogP contribution in [-0.2, 0) is 22.6 Å². The summed E-state index contributed by atoms with van der Waals surface area (Å²) in [4.78, 5) is 22.1. The van der Waals surface area contributed by atoms with Crippen molar-refractivity contribution in [3.8, 4) is 0 Å². The van der Waals surface area contributed by atoms with Gasteiger partial charge in [0, 0.05) is 31.6 Å². The van der Waals surface area contributed by atoms with Gasteiger partial charge in [0.2, 0.25) is 0 Å². The van der Waals surface area contributed by atoms with E-state index < -0.39 is 0 Å². The minimum atomic E-state index is -0.388. The smallest absolute Gasteiger partial charge is 0.253 e. The first-order valence-electron chi connectivity index (χ1n) is 8.15. The molecule has 1 aliphatic heterocycles. The molecule has 0 N–H and O–H groups in total. The monoisotopic (exact) mass is 345 g/mol. The molecule has 5 nitrogen and oxygen atoms in total. The molecule has 1 aliphatic rings. The second-order valence-electron chi connectivity index (χ2n) is 6.14. The van der Waals surface area contributed by atoms with E-state index in [1.165, 1.54) is 5.56 Å². The van der Waals surface area contributed by atoms with Crippen molar-refractivity contribution in [3.05, 3.63) is 52.0 Å².